The first-order valence-corrected chi connectivity index (χ1v) is 7.96. The van der Waals surface area contributed by atoms with Crippen molar-refractivity contribution in [3.05, 3.63) is 23.7 Å². The summed E-state index contributed by atoms with van der Waals surface area (Å²) in [6.07, 6.45) is 1.84. The number of rotatable bonds is 6. The zero-order chi connectivity index (χ0) is 15.1. The van der Waals surface area contributed by atoms with E-state index in [1.54, 1.807) is 11.3 Å². The molecule has 0 amide bonds. The quantitative estimate of drug-likeness (QED) is 0.242. The van der Waals surface area contributed by atoms with Gasteiger partial charge in [0.2, 0.25) is 0 Å². The highest BCUT2D eigenvalue weighted by Gasteiger charge is 2.19. The number of nitrogens with two attached hydrogens (primary N) is 1. The van der Waals surface area contributed by atoms with E-state index in [1.807, 2.05) is 18.5 Å². The van der Waals surface area contributed by atoms with Crippen LogP contribution in [0.5, 0.6) is 0 Å². The van der Waals surface area contributed by atoms with Crippen LogP contribution in [0.25, 0.3) is 0 Å². The third-order valence-corrected chi connectivity index (χ3v) is 3.98. The Hall–Kier alpha value is -0.870. The van der Waals surface area contributed by atoms with Gasteiger partial charge in [0.1, 0.15) is 0 Å². The molecule has 1 saturated heterocycles. The number of ether oxygens (including phenoxy) is 1. The van der Waals surface area contributed by atoms with E-state index in [-0.39, 0.29) is 24.0 Å². The number of thiazole rings is 1. The summed E-state index contributed by atoms with van der Waals surface area (Å²) in [5.74, 6) is 0.604. The van der Waals surface area contributed by atoms with Crippen LogP contribution in [0.4, 0.5) is 5.13 Å². The molecule has 2 heterocycles. The molecule has 22 heavy (non-hydrogen) atoms. The lowest BCUT2D eigenvalue weighted by Crippen LogP contribution is -2.51. The first kappa shape index (κ1) is 19.2. The maximum atomic E-state index is 6.03. The largest absolute Gasteiger partial charge is 0.375 e. The van der Waals surface area contributed by atoms with Crippen LogP contribution in [-0.4, -0.2) is 61.8 Å². The van der Waals surface area contributed by atoms with Gasteiger partial charge in [-0.2, -0.15) is 0 Å². The molecule has 0 unspecified atom stereocenters. The molecule has 0 atom stereocenters. The fourth-order valence-corrected chi connectivity index (χ4v) is 2.77. The number of halogens is 1. The van der Waals surface area contributed by atoms with E-state index in [4.69, 9.17) is 10.5 Å². The lowest BCUT2D eigenvalue weighted by molar-refractivity contribution is 0.164. The van der Waals surface area contributed by atoms with Gasteiger partial charge in [0.15, 0.2) is 11.1 Å². The molecule has 1 aromatic heterocycles. The summed E-state index contributed by atoms with van der Waals surface area (Å²) in [5, 5.41) is 3.08. The van der Waals surface area contributed by atoms with Gasteiger partial charge in [-0.1, -0.05) is 12.2 Å². The smallest absolute Gasteiger partial charge is 0.191 e. The van der Waals surface area contributed by atoms with Gasteiger partial charge < -0.3 is 20.3 Å². The zero-order valence-corrected chi connectivity index (χ0v) is 16.0. The van der Waals surface area contributed by atoms with Crippen molar-refractivity contribution in [3.8, 4) is 0 Å². The minimum Gasteiger partial charge on any atom is -0.375 e. The third-order valence-electron chi connectivity index (χ3n) is 3.15. The van der Waals surface area contributed by atoms with Crippen LogP contribution >= 0.6 is 35.3 Å². The number of aliphatic imine (C=N–C) groups is 1. The predicted molar refractivity (Wildman–Crippen MR) is 103 cm³/mol. The van der Waals surface area contributed by atoms with Crippen molar-refractivity contribution < 1.29 is 4.74 Å². The Balaban J connectivity index is 0.00000242. The molecule has 0 saturated carbocycles. The number of piperazine rings is 1. The van der Waals surface area contributed by atoms with E-state index in [2.05, 4.69) is 26.4 Å². The number of aromatic nitrogens is 1. The molecule has 0 bridgehead atoms. The first-order chi connectivity index (χ1) is 10.2. The SMILES string of the molecule is C=C(C)COCCN=C(N)N1CCN(c2nccs2)CC1.I. The van der Waals surface area contributed by atoms with Crippen molar-refractivity contribution in [1.82, 2.24) is 9.88 Å². The topological polar surface area (TPSA) is 67.0 Å². The third kappa shape index (κ3) is 6.09. The molecular formula is C14H24IN5OS. The Morgan fingerprint density at radius 3 is 2.77 bits per heavy atom. The van der Waals surface area contributed by atoms with Crippen LogP contribution in [0.1, 0.15) is 6.92 Å². The van der Waals surface area contributed by atoms with Crippen LogP contribution in [0.2, 0.25) is 0 Å². The van der Waals surface area contributed by atoms with Gasteiger partial charge >= 0.3 is 0 Å². The molecule has 1 aliphatic heterocycles. The van der Waals surface area contributed by atoms with Crippen molar-refractivity contribution in [2.45, 2.75) is 6.92 Å². The minimum atomic E-state index is 0. The molecule has 0 spiro atoms. The molecule has 2 rings (SSSR count). The van der Waals surface area contributed by atoms with Crippen LogP contribution < -0.4 is 10.6 Å². The summed E-state index contributed by atoms with van der Waals surface area (Å²) < 4.78 is 5.40. The average Bonchev–Trinajstić information content (AvgIpc) is 3.01. The van der Waals surface area contributed by atoms with E-state index >= 15 is 0 Å². The van der Waals surface area contributed by atoms with Crippen LogP contribution in [0, 0.1) is 0 Å². The Labute approximate surface area is 153 Å². The molecule has 1 fully saturated rings. The molecule has 2 N–H and O–H groups in total. The lowest BCUT2D eigenvalue weighted by atomic mass is 10.3. The van der Waals surface area contributed by atoms with Crippen molar-refractivity contribution >= 4 is 46.4 Å². The van der Waals surface area contributed by atoms with E-state index < -0.39 is 0 Å². The Bertz CT molecular complexity index is 472. The monoisotopic (exact) mass is 437 g/mol. The average molecular weight is 437 g/mol. The van der Waals surface area contributed by atoms with E-state index in [1.165, 1.54) is 0 Å². The van der Waals surface area contributed by atoms with Crippen molar-refractivity contribution in [1.29, 1.82) is 0 Å². The summed E-state index contributed by atoms with van der Waals surface area (Å²) in [4.78, 5) is 13.1. The maximum absolute atomic E-state index is 6.03. The standard InChI is InChI=1S/C14H23N5OS.HI/c1-12(2)11-20-9-3-16-13(15)18-5-7-19(8-6-18)14-17-4-10-21-14;/h4,10H,1,3,5-9,11H2,2H3,(H2,15,16);1H. The first-order valence-electron chi connectivity index (χ1n) is 7.08. The van der Waals surface area contributed by atoms with Gasteiger partial charge in [0.25, 0.3) is 0 Å². The number of hydrogen-bond donors (Lipinski definition) is 1. The molecule has 0 aromatic carbocycles. The lowest BCUT2D eigenvalue weighted by Gasteiger charge is -2.35. The van der Waals surface area contributed by atoms with Crippen molar-refractivity contribution in [2.24, 2.45) is 10.7 Å². The predicted octanol–water partition coefficient (Wildman–Crippen LogP) is 1.79. The molecule has 8 heteroatoms. The van der Waals surface area contributed by atoms with Gasteiger partial charge in [-0.05, 0) is 6.92 Å². The summed E-state index contributed by atoms with van der Waals surface area (Å²) in [6.45, 7) is 11.1. The fraction of sp³-hybridized carbons (Fsp3) is 0.571. The van der Waals surface area contributed by atoms with Gasteiger partial charge in [-0.25, -0.2) is 4.98 Å². The fourth-order valence-electron chi connectivity index (χ4n) is 2.07. The molecule has 6 nitrogen and oxygen atoms in total. The van der Waals surface area contributed by atoms with Crippen LogP contribution in [0.3, 0.4) is 0 Å². The van der Waals surface area contributed by atoms with Crippen LogP contribution in [0.15, 0.2) is 28.7 Å². The number of guanidine groups is 1. The zero-order valence-electron chi connectivity index (χ0n) is 12.9. The van der Waals surface area contributed by atoms with Gasteiger partial charge in [-0.3, -0.25) is 4.99 Å². The molecule has 0 aliphatic carbocycles. The van der Waals surface area contributed by atoms with E-state index in [0.29, 0.717) is 25.7 Å². The van der Waals surface area contributed by atoms with Gasteiger partial charge in [0.05, 0.1) is 19.8 Å². The Morgan fingerprint density at radius 2 is 2.18 bits per heavy atom. The minimum absolute atomic E-state index is 0. The normalized spacial score (nSPS) is 15.6. The van der Waals surface area contributed by atoms with E-state index in [9.17, 15) is 0 Å². The Morgan fingerprint density at radius 1 is 1.45 bits per heavy atom. The summed E-state index contributed by atoms with van der Waals surface area (Å²) in [5.41, 5.74) is 7.04. The molecule has 124 valence electrons. The summed E-state index contributed by atoms with van der Waals surface area (Å²) in [7, 11) is 0. The molecule has 1 aliphatic rings. The van der Waals surface area contributed by atoms with Gasteiger partial charge in [0, 0.05) is 37.8 Å². The second-order valence-corrected chi connectivity index (χ2v) is 5.91. The highest BCUT2D eigenvalue weighted by atomic mass is 127. The van der Waals surface area contributed by atoms with Crippen LogP contribution in [-0.2, 0) is 4.74 Å². The number of nitrogens with zero attached hydrogens (tertiary/aromatic N) is 4. The second kappa shape index (κ2) is 10.0. The highest BCUT2D eigenvalue weighted by molar-refractivity contribution is 14.0. The summed E-state index contributed by atoms with van der Waals surface area (Å²) in [6, 6.07) is 0. The van der Waals surface area contributed by atoms with Crippen molar-refractivity contribution in [2.75, 3.05) is 50.8 Å². The Kier molecular flexibility index (Phi) is 8.72. The molecular weight excluding hydrogens is 413 g/mol. The molecule has 0 radical (unpaired) electrons. The highest BCUT2D eigenvalue weighted by Crippen LogP contribution is 2.18. The second-order valence-electron chi connectivity index (χ2n) is 5.04. The number of hydrogen-bond acceptors (Lipinski definition) is 5. The van der Waals surface area contributed by atoms with Gasteiger partial charge in [-0.15, -0.1) is 35.3 Å². The number of anilines is 1. The maximum Gasteiger partial charge on any atom is 0.191 e. The van der Waals surface area contributed by atoms with Crippen molar-refractivity contribution in [3.63, 3.8) is 0 Å². The van der Waals surface area contributed by atoms with E-state index in [0.717, 1.165) is 36.9 Å². The molecule has 1 aromatic rings. The summed E-state index contributed by atoms with van der Waals surface area (Å²) >= 11 is 1.67.